The van der Waals surface area contributed by atoms with Crippen LogP contribution in [-0.2, 0) is 4.79 Å². The summed E-state index contributed by atoms with van der Waals surface area (Å²) in [6.07, 6.45) is -1.05. The van der Waals surface area contributed by atoms with Crippen LogP contribution in [0.3, 0.4) is 0 Å². The normalized spacial score (nSPS) is 20.9. The van der Waals surface area contributed by atoms with E-state index in [0.717, 1.165) is 5.56 Å². The predicted octanol–water partition coefficient (Wildman–Crippen LogP) is 1.87. The molecule has 4 rings (SSSR count). The highest BCUT2D eigenvalue weighted by molar-refractivity contribution is 7.14. The lowest BCUT2D eigenvalue weighted by molar-refractivity contribution is -0.117. The summed E-state index contributed by atoms with van der Waals surface area (Å²) in [5, 5.41) is 7.52. The van der Waals surface area contributed by atoms with Gasteiger partial charge >= 0.3 is 12.1 Å². The van der Waals surface area contributed by atoms with Crippen LogP contribution in [0.25, 0.3) is 11.3 Å². The van der Waals surface area contributed by atoms with Crippen molar-refractivity contribution in [1.82, 2.24) is 25.0 Å². The molecule has 0 aliphatic carbocycles. The molecule has 2 atom stereocenters. The number of carbonyl (C=O) groups excluding carboxylic acids is 3. The molecular weight excluding hydrogens is 399 g/mol. The molecule has 0 bridgehead atoms. The summed E-state index contributed by atoms with van der Waals surface area (Å²) < 4.78 is 13.4. The predicted molar refractivity (Wildman–Crippen MR) is 105 cm³/mol. The first kappa shape index (κ1) is 19.1. The topological polar surface area (TPSA) is 97.9 Å². The molecule has 1 aromatic heterocycles. The van der Waals surface area contributed by atoms with Crippen LogP contribution in [0.5, 0.6) is 0 Å². The first-order chi connectivity index (χ1) is 13.8. The third-order valence-corrected chi connectivity index (χ3v) is 5.83. The first-order valence-electron chi connectivity index (χ1n) is 8.85. The maximum absolute atomic E-state index is 13.4. The quantitative estimate of drug-likeness (QED) is 0.792. The van der Waals surface area contributed by atoms with E-state index in [9.17, 15) is 18.8 Å². The van der Waals surface area contributed by atoms with Crippen LogP contribution < -0.4 is 10.6 Å². The van der Waals surface area contributed by atoms with E-state index in [0.29, 0.717) is 16.4 Å². The van der Waals surface area contributed by atoms with E-state index in [-0.39, 0.29) is 18.4 Å². The van der Waals surface area contributed by atoms with E-state index in [1.54, 1.807) is 38.5 Å². The van der Waals surface area contributed by atoms with Crippen molar-refractivity contribution in [3.8, 4) is 11.3 Å². The van der Waals surface area contributed by atoms with Crippen LogP contribution in [0.1, 0.15) is 5.56 Å². The third-order valence-electron chi connectivity index (χ3n) is 5.07. The molecule has 2 aliphatic heterocycles. The summed E-state index contributed by atoms with van der Waals surface area (Å²) in [6.45, 7) is 1.45. The minimum Gasteiger partial charge on any atom is -0.314 e. The number of halogens is 1. The van der Waals surface area contributed by atoms with Crippen LogP contribution in [-0.4, -0.2) is 70.6 Å². The molecule has 2 aromatic rings. The molecule has 1 aromatic carbocycles. The Balaban J connectivity index is 1.44. The van der Waals surface area contributed by atoms with Crippen molar-refractivity contribution in [2.75, 3.05) is 26.0 Å². The van der Waals surface area contributed by atoms with Gasteiger partial charge in [-0.1, -0.05) is 0 Å². The molecule has 2 fully saturated rings. The van der Waals surface area contributed by atoms with Gasteiger partial charge in [0.1, 0.15) is 24.7 Å². The second kappa shape index (κ2) is 6.99. The van der Waals surface area contributed by atoms with Gasteiger partial charge in [0, 0.05) is 25.0 Å². The standard InChI is InChI=1S/C18H19FN6O3S/c1-9-6-10(4-5-11(9)19)12-8-29-16(20-12)21-13(26)7-25-15-14(22-17(25)27)23(2)18(28)24(15)3/h4-6,8,14-15H,7H2,1-3H3,(H,22,27)(H,20,21,26)/t14-,15+/m0/s1. The van der Waals surface area contributed by atoms with Crippen molar-refractivity contribution >= 4 is 34.4 Å². The number of amides is 5. The van der Waals surface area contributed by atoms with E-state index >= 15 is 0 Å². The molecule has 11 heteroatoms. The number of anilines is 1. The van der Waals surface area contributed by atoms with Gasteiger partial charge in [-0.05, 0) is 30.7 Å². The summed E-state index contributed by atoms with van der Waals surface area (Å²) in [4.78, 5) is 45.3. The molecular formula is C18H19FN6O3S. The Kier molecular flexibility index (Phi) is 4.61. The number of hydrogen-bond donors (Lipinski definition) is 2. The minimum atomic E-state index is -0.556. The van der Waals surface area contributed by atoms with E-state index < -0.39 is 24.3 Å². The van der Waals surface area contributed by atoms with Crippen LogP contribution in [0.15, 0.2) is 23.6 Å². The Morgan fingerprint density at radius 1 is 1.31 bits per heavy atom. The molecule has 152 valence electrons. The van der Waals surface area contributed by atoms with Crippen LogP contribution in [0.4, 0.5) is 19.1 Å². The summed E-state index contributed by atoms with van der Waals surface area (Å²) >= 11 is 1.23. The van der Waals surface area contributed by atoms with Gasteiger partial charge in [-0.25, -0.2) is 19.0 Å². The third kappa shape index (κ3) is 3.27. The zero-order chi connectivity index (χ0) is 20.9. The van der Waals surface area contributed by atoms with Crippen molar-refractivity contribution in [2.45, 2.75) is 19.3 Å². The average Bonchev–Trinajstić information content (AvgIpc) is 3.32. The fraction of sp³-hybridized carbons (Fsp3) is 0.333. The Morgan fingerprint density at radius 2 is 2.07 bits per heavy atom. The molecule has 3 heterocycles. The van der Waals surface area contributed by atoms with Gasteiger partial charge in [0.15, 0.2) is 5.13 Å². The zero-order valence-corrected chi connectivity index (χ0v) is 16.8. The number of aromatic nitrogens is 1. The fourth-order valence-corrected chi connectivity index (χ4v) is 4.26. The maximum atomic E-state index is 13.4. The number of benzene rings is 1. The largest absolute Gasteiger partial charge is 0.323 e. The van der Waals surface area contributed by atoms with E-state index in [1.165, 1.54) is 32.1 Å². The van der Waals surface area contributed by atoms with Crippen molar-refractivity contribution in [3.05, 3.63) is 35.0 Å². The molecule has 2 saturated heterocycles. The first-order valence-corrected chi connectivity index (χ1v) is 9.73. The van der Waals surface area contributed by atoms with Gasteiger partial charge in [-0.2, -0.15) is 0 Å². The summed E-state index contributed by atoms with van der Waals surface area (Å²) in [6, 6.07) is 4.05. The van der Waals surface area contributed by atoms with Gasteiger partial charge in [-0.3, -0.25) is 9.69 Å². The highest BCUT2D eigenvalue weighted by atomic mass is 32.1. The van der Waals surface area contributed by atoms with Gasteiger partial charge in [0.05, 0.1) is 5.69 Å². The number of nitrogens with zero attached hydrogens (tertiary/aromatic N) is 4. The number of nitrogens with one attached hydrogen (secondary N) is 2. The molecule has 0 saturated carbocycles. The SMILES string of the molecule is Cc1cc(-c2csc(NC(=O)CN3C(=O)N[C@@H]4[C@@H]3N(C)C(=O)N4C)n2)ccc1F. The lowest BCUT2D eigenvalue weighted by Crippen LogP contribution is -2.47. The van der Waals surface area contributed by atoms with Crippen molar-refractivity contribution in [1.29, 1.82) is 0 Å². The van der Waals surface area contributed by atoms with E-state index in [2.05, 4.69) is 15.6 Å². The number of aryl methyl sites for hydroxylation is 1. The van der Waals surface area contributed by atoms with Crippen molar-refractivity contribution in [2.24, 2.45) is 0 Å². The second-order valence-corrected chi connectivity index (χ2v) is 7.85. The second-order valence-electron chi connectivity index (χ2n) is 6.99. The Morgan fingerprint density at radius 3 is 2.79 bits per heavy atom. The van der Waals surface area contributed by atoms with Gasteiger partial charge in [-0.15, -0.1) is 11.3 Å². The molecule has 0 spiro atoms. The van der Waals surface area contributed by atoms with E-state index in [1.807, 2.05) is 0 Å². The molecule has 2 N–H and O–H groups in total. The smallest absolute Gasteiger partial charge is 0.314 e. The zero-order valence-electron chi connectivity index (χ0n) is 16.0. The summed E-state index contributed by atoms with van der Waals surface area (Å²) in [5.74, 6) is -0.715. The average molecular weight is 418 g/mol. The van der Waals surface area contributed by atoms with Crippen molar-refractivity contribution < 1.29 is 18.8 Å². The monoisotopic (exact) mass is 418 g/mol. The molecule has 29 heavy (non-hydrogen) atoms. The highest BCUT2D eigenvalue weighted by Crippen LogP contribution is 2.28. The van der Waals surface area contributed by atoms with Gasteiger partial charge < -0.3 is 20.4 Å². The number of fused-ring (bicyclic) bond motifs is 1. The number of hydrogen-bond acceptors (Lipinski definition) is 5. The number of thiazole rings is 1. The number of rotatable bonds is 4. The Hall–Kier alpha value is -3.21. The van der Waals surface area contributed by atoms with Crippen LogP contribution in [0.2, 0.25) is 0 Å². The van der Waals surface area contributed by atoms with Gasteiger partial charge in [0.25, 0.3) is 0 Å². The summed E-state index contributed by atoms with van der Waals surface area (Å²) in [7, 11) is 3.19. The molecule has 9 nitrogen and oxygen atoms in total. The highest BCUT2D eigenvalue weighted by Gasteiger charge is 2.52. The molecule has 5 amide bonds. The molecule has 0 radical (unpaired) electrons. The number of carbonyl (C=O) groups is 3. The minimum absolute atomic E-state index is 0.219. The van der Waals surface area contributed by atoms with E-state index in [4.69, 9.17) is 0 Å². The molecule has 2 aliphatic rings. The Labute approximate surface area is 170 Å². The maximum Gasteiger partial charge on any atom is 0.323 e. The summed E-state index contributed by atoms with van der Waals surface area (Å²) in [5.41, 5.74) is 1.88. The van der Waals surface area contributed by atoms with Gasteiger partial charge in [0.2, 0.25) is 5.91 Å². The Bertz CT molecular complexity index is 1010. The number of likely N-dealkylation sites (N-methyl/N-ethyl adjacent to an activating group) is 2. The molecule has 0 unspecified atom stereocenters. The van der Waals surface area contributed by atoms with Crippen molar-refractivity contribution in [3.63, 3.8) is 0 Å². The lowest BCUT2D eigenvalue weighted by atomic mass is 10.1. The lowest BCUT2D eigenvalue weighted by Gasteiger charge is -2.25. The number of urea groups is 2. The van der Waals surface area contributed by atoms with Crippen LogP contribution >= 0.6 is 11.3 Å². The fourth-order valence-electron chi connectivity index (χ4n) is 3.52. The van der Waals surface area contributed by atoms with Crippen LogP contribution in [0, 0.1) is 12.7 Å².